The second-order valence-corrected chi connectivity index (χ2v) is 5.85. The van der Waals surface area contributed by atoms with Crippen LogP contribution in [0.5, 0.6) is 0 Å². The van der Waals surface area contributed by atoms with E-state index in [1.807, 2.05) is 36.4 Å². The first kappa shape index (κ1) is 13.3. The molecule has 2 aliphatic rings. The molecule has 2 nitrogen and oxygen atoms in total. The topological polar surface area (TPSA) is 26.3 Å². The van der Waals surface area contributed by atoms with E-state index in [4.69, 9.17) is 4.74 Å². The summed E-state index contributed by atoms with van der Waals surface area (Å²) in [7, 11) is 0. The van der Waals surface area contributed by atoms with E-state index < -0.39 is 0 Å². The van der Waals surface area contributed by atoms with Gasteiger partial charge in [-0.1, -0.05) is 36.4 Å². The third-order valence-electron chi connectivity index (χ3n) is 4.45. The number of fused-ring (bicyclic) bond motifs is 1. The monoisotopic (exact) mass is 268 g/mol. The van der Waals surface area contributed by atoms with Crippen LogP contribution in [0.1, 0.15) is 31.7 Å². The molecule has 1 saturated heterocycles. The molecule has 1 fully saturated rings. The lowest BCUT2D eigenvalue weighted by Crippen LogP contribution is -2.26. The fourth-order valence-electron chi connectivity index (χ4n) is 3.49. The summed E-state index contributed by atoms with van der Waals surface area (Å²) in [6.07, 6.45) is 4.32. The van der Waals surface area contributed by atoms with Crippen molar-refractivity contribution < 1.29 is 9.53 Å². The van der Waals surface area contributed by atoms with Gasteiger partial charge in [0.2, 0.25) is 0 Å². The van der Waals surface area contributed by atoms with Gasteiger partial charge in [0.15, 0.2) is 5.78 Å². The molecule has 1 aromatic carbocycles. The van der Waals surface area contributed by atoms with Crippen LogP contribution in [0.15, 0.2) is 48.6 Å². The maximum atomic E-state index is 12.4. The first-order valence-electron chi connectivity index (χ1n) is 7.24. The fraction of sp³-hybridized carbons (Fsp3) is 0.389. The Morgan fingerprint density at radius 1 is 1.40 bits per heavy atom. The minimum absolute atomic E-state index is 0.268. The highest BCUT2D eigenvalue weighted by Gasteiger charge is 2.48. The summed E-state index contributed by atoms with van der Waals surface area (Å²) >= 11 is 0. The number of ketones is 1. The number of hydrogen-bond donors (Lipinski definition) is 0. The van der Waals surface area contributed by atoms with Crippen molar-refractivity contribution >= 4 is 11.4 Å². The summed E-state index contributed by atoms with van der Waals surface area (Å²) in [5, 5.41) is 0. The number of Topliss-reactive ketones (excluding diaryl/α,β-unsaturated/α-hetero) is 1. The van der Waals surface area contributed by atoms with Crippen LogP contribution in [-0.4, -0.2) is 18.0 Å². The van der Waals surface area contributed by atoms with Gasteiger partial charge in [-0.3, -0.25) is 4.79 Å². The molecule has 0 spiro atoms. The molecule has 0 unspecified atom stereocenters. The molecule has 0 radical (unpaired) electrons. The van der Waals surface area contributed by atoms with Crippen LogP contribution in [0.25, 0.3) is 5.57 Å². The lowest BCUT2D eigenvalue weighted by atomic mass is 9.84. The van der Waals surface area contributed by atoms with E-state index in [1.54, 1.807) is 0 Å². The zero-order chi connectivity index (χ0) is 14.2. The summed E-state index contributed by atoms with van der Waals surface area (Å²) in [5.74, 6) is 0.539. The highest BCUT2D eigenvalue weighted by molar-refractivity contribution is 6.24. The van der Waals surface area contributed by atoms with Crippen molar-refractivity contribution in [3.63, 3.8) is 0 Å². The molecule has 0 N–H and O–H groups in total. The lowest BCUT2D eigenvalue weighted by molar-refractivity contribution is -0.114. The Morgan fingerprint density at radius 3 is 2.85 bits per heavy atom. The number of carbonyl (C=O) groups is 1. The lowest BCUT2D eigenvalue weighted by Gasteiger charge is -2.26. The Labute approximate surface area is 120 Å². The Morgan fingerprint density at radius 2 is 2.15 bits per heavy atom. The van der Waals surface area contributed by atoms with Crippen molar-refractivity contribution in [2.75, 3.05) is 6.61 Å². The predicted molar refractivity (Wildman–Crippen MR) is 80.3 cm³/mol. The van der Waals surface area contributed by atoms with E-state index in [-0.39, 0.29) is 17.3 Å². The van der Waals surface area contributed by atoms with Crippen LogP contribution in [0.4, 0.5) is 0 Å². The minimum Gasteiger partial charge on any atom is -0.370 e. The molecule has 0 amide bonds. The van der Waals surface area contributed by atoms with Crippen LogP contribution in [0.3, 0.4) is 0 Å². The molecule has 0 bridgehead atoms. The molecular formula is C18H20O2. The third-order valence-corrected chi connectivity index (χ3v) is 4.45. The molecular weight excluding hydrogens is 248 g/mol. The first-order valence-corrected chi connectivity index (χ1v) is 7.24. The number of benzene rings is 1. The second-order valence-electron chi connectivity index (χ2n) is 5.85. The number of rotatable bonds is 4. The van der Waals surface area contributed by atoms with Gasteiger partial charge in [0.05, 0.1) is 12.2 Å². The normalized spacial score (nSPS) is 28.9. The Kier molecular flexibility index (Phi) is 3.35. The van der Waals surface area contributed by atoms with Crippen molar-refractivity contribution in [3.8, 4) is 0 Å². The fourth-order valence-corrected chi connectivity index (χ4v) is 3.49. The van der Waals surface area contributed by atoms with E-state index in [1.165, 1.54) is 5.57 Å². The summed E-state index contributed by atoms with van der Waals surface area (Å²) < 4.78 is 6.05. The van der Waals surface area contributed by atoms with Crippen molar-refractivity contribution in [2.24, 2.45) is 5.92 Å². The van der Waals surface area contributed by atoms with Crippen LogP contribution < -0.4 is 0 Å². The zero-order valence-corrected chi connectivity index (χ0v) is 11.9. The maximum Gasteiger partial charge on any atom is 0.164 e. The van der Waals surface area contributed by atoms with Crippen molar-refractivity contribution in [1.82, 2.24) is 0 Å². The second kappa shape index (κ2) is 5.02. The van der Waals surface area contributed by atoms with Gasteiger partial charge in [-0.25, -0.2) is 0 Å². The molecule has 0 aromatic heterocycles. The van der Waals surface area contributed by atoms with E-state index in [9.17, 15) is 4.79 Å². The Hall–Kier alpha value is -1.67. The smallest absolute Gasteiger partial charge is 0.164 e. The first-order chi connectivity index (χ1) is 9.65. The van der Waals surface area contributed by atoms with E-state index in [2.05, 4.69) is 13.5 Å². The Balaban J connectivity index is 2.08. The highest BCUT2D eigenvalue weighted by atomic mass is 16.5. The van der Waals surface area contributed by atoms with Gasteiger partial charge in [0.25, 0.3) is 0 Å². The minimum atomic E-state index is -0.309. The van der Waals surface area contributed by atoms with Gasteiger partial charge in [-0.2, -0.15) is 0 Å². The van der Waals surface area contributed by atoms with Crippen LogP contribution in [-0.2, 0) is 9.53 Å². The molecule has 3 rings (SSSR count). The van der Waals surface area contributed by atoms with Gasteiger partial charge >= 0.3 is 0 Å². The largest absolute Gasteiger partial charge is 0.370 e. The van der Waals surface area contributed by atoms with Gasteiger partial charge in [-0.15, -0.1) is 6.58 Å². The average molecular weight is 268 g/mol. The Bertz CT molecular complexity index is 570. The standard InChI is InChI=1S/C18H20O2/c1-3-4-10-18(2)17-14(12-20-18)11-15(19)16(17)13-8-6-5-7-9-13/h3,5-9,14H,1,4,10-12H2,2H3/t14-,18+/m0/s1. The summed E-state index contributed by atoms with van der Waals surface area (Å²) in [6, 6.07) is 10.00. The summed E-state index contributed by atoms with van der Waals surface area (Å²) in [6.45, 7) is 6.58. The molecule has 2 heteroatoms. The molecule has 0 saturated carbocycles. The predicted octanol–water partition coefficient (Wildman–Crippen LogP) is 3.78. The number of ether oxygens (including phenoxy) is 1. The van der Waals surface area contributed by atoms with Crippen LogP contribution in [0, 0.1) is 5.92 Å². The van der Waals surface area contributed by atoms with Gasteiger partial charge < -0.3 is 4.74 Å². The molecule has 1 heterocycles. The van der Waals surface area contributed by atoms with Gasteiger partial charge in [-0.05, 0) is 30.9 Å². The molecule has 1 aromatic rings. The zero-order valence-electron chi connectivity index (χ0n) is 11.9. The van der Waals surface area contributed by atoms with E-state index in [0.717, 1.165) is 24.0 Å². The van der Waals surface area contributed by atoms with Crippen LogP contribution >= 0.6 is 0 Å². The maximum absolute atomic E-state index is 12.4. The highest BCUT2D eigenvalue weighted by Crippen LogP contribution is 2.49. The summed E-state index contributed by atoms with van der Waals surface area (Å²) in [4.78, 5) is 12.4. The van der Waals surface area contributed by atoms with Gasteiger partial charge in [0, 0.05) is 17.9 Å². The SMILES string of the molecule is C=CCC[C@@]1(C)OC[C@@H]2CC(=O)C(c3ccccc3)=C21. The van der Waals surface area contributed by atoms with Crippen molar-refractivity contribution in [1.29, 1.82) is 0 Å². The molecule has 20 heavy (non-hydrogen) atoms. The molecule has 2 atom stereocenters. The molecule has 104 valence electrons. The van der Waals surface area contributed by atoms with Gasteiger partial charge in [0.1, 0.15) is 0 Å². The third kappa shape index (κ3) is 2.04. The van der Waals surface area contributed by atoms with Crippen molar-refractivity contribution in [2.45, 2.75) is 31.8 Å². The average Bonchev–Trinajstić information content (AvgIpc) is 2.95. The number of allylic oxidation sites excluding steroid dienone is 2. The number of carbonyl (C=O) groups excluding carboxylic acids is 1. The van der Waals surface area contributed by atoms with E-state index >= 15 is 0 Å². The summed E-state index contributed by atoms with van der Waals surface area (Å²) in [5.41, 5.74) is 2.84. The number of hydrogen-bond acceptors (Lipinski definition) is 2. The van der Waals surface area contributed by atoms with Crippen molar-refractivity contribution in [3.05, 3.63) is 54.1 Å². The molecule has 1 aliphatic heterocycles. The molecule has 1 aliphatic carbocycles. The van der Waals surface area contributed by atoms with E-state index in [0.29, 0.717) is 13.0 Å². The quantitative estimate of drug-likeness (QED) is 0.777. The van der Waals surface area contributed by atoms with Crippen LogP contribution in [0.2, 0.25) is 0 Å².